The van der Waals surface area contributed by atoms with Gasteiger partial charge in [0.25, 0.3) is 0 Å². The van der Waals surface area contributed by atoms with Crippen LogP contribution in [-0.2, 0) is 106 Å². The number of alkyl halides is 8. The molecule has 33 heteroatoms. The zero-order valence-corrected chi connectivity index (χ0v) is 85.3. The average Bonchev–Trinajstić information content (AvgIpc) is 0.753. The molecule has 12 rings (SSSR count). The van der Waals surface area contributed by atoms with Gasteiger partial charge >= 0.3 is 21.0 Å². The zero-order chi connectivity index (χ0) is 103. The van der Waals surface area contributed by atoms with Gasteiger partial charge in [0.15, 0.2) is 99.2 Å². The number of halogens is 8. The Bertz CT molecular complexity index is 5620. The molecule has 0 spiro atoms. The summed E-state index contributed by atoms with van der Waals surface area (Å²) in [4.78, 5) is 16.3. The van der Waals surface area contributed by atoms with Crippen molar-refractivity contribution in [2.75, 3.05) is 26.4 Å². The van der Waals surface area contributed by atoms with E-state index in [0.29, 0.717) is 0 Å². The van der Waals surface area contributed by atoms with Gasteiger partial charge in [0.1, 0.15) is 37.8 Å². The predicted octanol–water partition coefficient (Wildman–Crippen LogP) is 22.9. The van der Waals surface area contributed by atoms with E-state index in [1.54, 1.807) is 0 Å². The molecule has 12 aromatic rings. The lowest BCUT2D eigenvalue weighted by Crippen LogP contribution is -2.32. The van der Waals surface area contributed by atoms with Crippen LogP contribution in [0.25, 0.3) is 0 Å². The molecule has 0 aliphatic rings. The van der Waals surface area contributed by atoms with Crippen molar-refractivity contribution >= 4 is 84.1 Å². The van der Waals surface area contributed by atoms with Gasteiger partial charge in [0, 0.05) is 0 Å². The third kappa shape index (κ3) is 36.8. The molecule has 17 nitrogen and oxygen atoms in total. The molecule has 0 aliphatic carbocycles. The minimum Gasteiger partial charge on any atom is -0.743 e. The zero-order valence-electron chi connectivity index (χ0n) is 78.7. The maximum absolute atomic E-state index is 11.5. The molecule has 0 fully saturated rings. The maximum atomic E-state index is 11.5. The molecule has 0 unspecified atom stereocenters. The van der Waals surface area contributed by atoms with Gasteiger partial charge in [0.2, 0.25) is 0 Å². The van der Waals surface area contributed by atoms with E-state index in [1.165, 1.54) is 97.7 Å². The van der Waals surface area contributed by atoms with Crippen LogP contribution in [0.1, 0.15) is 143 Å². The molecule has 0 bridgehead atoms. The number of aliphatic hydroxyl groups excluding tert-OH is 4. The van der Waals surface area contributed by atoms with E-state index in [0.717, 1.165) is 5.75 Å². The quantitative estimate of drug-likeness (QED) is 0.0295. The second-order valence-electron chi connectivity index (χ2n) is 35.7. The van der Waals surface area contributed by atoms with Gasteiger partial charge < -0.3 is 43.4 Å². The van der Waals surface area contributed by atoms with E-state index < -0.39 is 87.9 Å². The highest BCUT2D eigenvalue weighted by molar-refractivity contribution is 7.98. The Hall–Kier alpha value is -9.24. The summed E-state index contributed by atoms with van der Waals surface area (Å²) in [6.45, 7) is 32.0. The molecule has 0 amide bonds. The number of rotatable bonds is 21. The molecular weight excluding hydrogens is 1920 g/mol. The molecule has 0 saturated carbocycles. The first-order valence-electron chi connectivity index (χ1n) is 42.1. The van der Waals surface area contributed by atoms with Crippen LogP contribution in [0.5, 0.6) is 5.75 Å². The third-order valence-electron chi connectivity index (χ3n) is 19.2. The van der Waals surface area contributed by atoms with Crippen LogP contribution in [0.15, 0.2) is 374 Å². The molecule has 736 valence electrons. The van der Waals surface area contributed by atoms with Crippen molar-refractivity contribution in [3.63, 3.8) is 0 Å². The lowest BCUT2D eigenvalue weighted by atomic mass is 9.87. The summed E-state index contributed by atoms with van der Waals surface area (Å²) in [5.74, 6) is 0.913. The highest BCUT2D eigenvalue weighted by Crippen LogP contribution is 2.40. The third-order valence-corrected chi connectivity index (χ3v) is 31.6. The van der Waals surface area contributed by atoms with Crippen molar-refractivity contribution in [1.29, 1.82) is 0 Å². The van der Waals surface area contributed by atoms with Crippen LogP contribution in [0, 0.1) is 20.8 Å². The normalized spacial score (nSPS) is 12.4. The molecule has 0 aromatic heterocycles. The Morgan fingerprint density at radius 2 is 0.360 bits per heavy atom. The summed E-state index contributed by atoms with van der Waals surface area (Å²) in [6, 6.07) is 115. The van der Waals surface area contributed by atoms with Gasteiger partial charge in [-0.15, -0.1) is 0 Å². The monoisotopic (exact) mass is 2030 g/mol. The van der Waals surface area contributed by atoms with Crippen LogP contribution < -0.4 is 4.74 Å². The predicted molar refractivity (Wildman–Crippen MR) is 522 cm³/mol. The summed E-state index contributed by atoms with van der Waals surface area (Å²) in [5.41, 5.74) is 9.95. The van der Waals surface area contributed by atoms with E-state index >= 15 is 0 Å². The van der Waals surface area contributed by atoms with E-state index in [-0.39, 0.29) is 70.8 Å². The summed E-state index contributed by atoms with van der Waals surface area (Å²) >= 11 is 0. The number of aryl methyl sites for hydroxylation is 3. The standard InChI is InChI=1S/C30H39S.C22H23OS.C22H23S.C21H21S.4C2H4F2O4S/c1-28(2,3)22-10-16-25(17-11-22)31(26-18-12-23(13-19-26)29(4,5)6)27-20-14-24(15-21-27)30(7,8)9;1-22(2,3)23-18-14-16-21(17-15-18)24(19-10-6-4-7-11-19)20-12-8-5-9-13-20;1-22(2,3)18-14-16-21(17-15-18)23(19-10-6-4-7-11-19)20-12-8-5-9-13-20;1-16-4-10-19(11-5-16)22(20-12-6-17(2)7-13-20)21-14-8-18(3)9-15-21;4*3-2(4,1-5)9(6,7)8/h10-21H,1-9H3;4-17H,1-3H3;4-17H,1-3H3;4-15H,1-3H3;4*5H,1H2,(H,6,7,8)/q4*+1;;;;/p-4. The molecule has 0 atom stereocenters. The number of hydrogen-bond acceptors (Lipinski definition) is 17. The fraction of sp³-hybridized carbons (Fsp3) is 0.301. The second kappa shape index (κ2) is 50.1. The minimum absolute atomic E-state index is 0.0394. The van der Waals surface area contributed by atoms with E-state index in [4.69, 9.17) is 25.2 Å². The average molecular weight is 2040 g/mol. The van der Waals surface area contributed by atoms with Gasteiger partial charge in [-0.05, 0) is 243 Å². The van der Waals surface area contributed by atoms with Crippen LogP contribution in [-0.4, -0.2) is 125 Å². The molecule has 0 radical (unpaired) electrons. The number of aliphatic hydroxyl groups is 4. The molecule has 0 saturated heterocycles. The molecular formula is C103H118F8O17S8. The maximum Gasteiger partial charge on any atom is 0.356 e. The second-order valence-corrected chi connectivity index (χ2v) is 49.8. The first-order chi connectivity index (χ1) is 62.7. The fourth-order valence-electron chi connectivity index (χ4n) is 11.6. The van der Waals surface area contributed by atoms with Gasteiger partial charge in [-0.1, -0.05) is 258 Å². The fourth-order valence-corrected chi connectivity index (χ4v) is 20.4. The summed E-state index contributed by atoms with van der Waals surface area (Å²) < 4.78 is 211. The largest absolute Gasteiger partial charge is 0.743 e. The number of hydrogen-bond donors (Lipinski definition) is 4. The van der Waals surface area contributed by atoms with Crippen molar-refractivity contribution < 1.29 is 112 Å². The van der Waals surface area contributed by atoms with Crippen molar-refractivity contribution in [2.24, 2.45) is 0 Å². The first-order valence-corrected chi connectivity index (χ1v) is 52.6. The Balaban J connectivity index is 0.000000287. The Morgan fingerprint density at radius 1 is 0.228 bits per heavy atom. The summed E-state index contributed by atoms with van der Waals surface area (Å²) in [5, 5.41) is 12.2. The summed E-state index contributed by atoms with van der Waals surface area (Å²) in [6.07, 6.45) is 0. The minimum atomic E-state index is -5.69. The van der Waals surface area contributed by atoms with Crippen LogP contribution in [0.3, 0.4) is 0 Å². The highest BCUT2D eigenvalue weighted by atomic mass is 32.2. The van der Waals surface area contributed by atoms with Gasteiger partial charge in [-0.3, -0.25) is 0 Å². The van der Waals surface area contributed by atoms with Gasteiger partial charge in [0.05, 0.1) is 43.6 Å². The molecule has 12 aromatic carbocycles. The van der Waals surface area contributed by atoms with E-state index in [2.05, 4.69) is 440 Å². The van der Waals surface area contributed by atoms with Crippen molar-refractivity contribution in [3.05, 3.63) is 354 Å². The smallest absolute Gasteiger partial charge is 0.356 e. The molecule has 0 aliphatic heterocycles. The highest BCUT2D eigenvalue weighted by Gasteiger charge is 2.40. The van der Waals surface area contributed by atoms with Crippen molar-refractivity contribution in [3.8, 4) is 5.75 Å². The van der Waals surface area contributed by atoms with Crippen LogP contribution >= 0.6 is 0 Å². The van der Waals surface area contributed by atoms with Crippen molar-refractivity contribution in [1.82, 2.24) is 0 Å². The number of ether oxygens (including phenoxy) is 1. The number of benzene rings is 12. The van der Waals surface area contributed by atoms with Gasteiger partial charge in [-0.2, -0.15) is 35.1 Å². The molecule has 136 heavy (non-hydrogen) atoms. The summed E-state index contributed by atoms with van der Waals surface area (Å²) in [7, 11) is -23.1. The SMILES string of the molecule is CC(C)(C)Oc1ccc([S+](c2ccccc2)c2ccccc2)cc1.CC(C)(C)c1ccc([S+](c2ccc(C(C)(C)C)cc2)c2ccc(C(C)(C)C)cc2)cc1.CC(C)(C)c1ccc([S+](c2ccccc2)c2ccccc2)cc1.Cc1ccc([S+](c2ccc(C)cc2)c2ccc(C)cc2)cc1.O=S(=O)([O-])C(F)(F)CO.O=S(=O)([O-])C(F)(F)CO.O=S(=O)([O-])C(F)(F)CO.O=S(=O)([O-])C(F)(F)CO. The van der Waals surface area contributed by atoms with E-state index in [1.807, 2.05) is 0 Å². The first kappa shape index (κ1) is 117. The van der Waals surface area contributed by atoms with E-state index in [9.17, 15) is 87.0 Å². The molecule has 0 heterocycles. The Labute approximate surface area is 808 Å². The molecule has 4 N–H and O–H groups in total. The van der Waals surface area contributed by atoms with Crippen molar-refractivity contribution in [2.45, 2.75) is 232 Å². The lowest BCUT2D eigenvalue weighted by molar-refractivity contribution is 0.0179. The Morgan fingerprint density at radius 3 is 0.478 bits per heavy atom. The topological polar surface area (TPSA) is 319 Å². The van der Waals surface area contributed by atoms with Gasteiger partial charge in [-0.25, -0.2) is 33.7 Å². The lowest BCUT2D eigenvalue weighted by Gasteiger charge is -2.21. The van der Waals surface area contributed by atoms with Crippen LogP contribution in [0.2, 0.25) is 0 Å². The Kier molecular flexibility index (Phi) is 43.2. The van der Waals surface area contributed by atoms with Crippen LogP contribution in [0.4, 0.5) is 35.1 Å².